The van der Waals surface area contributed by atoms with Gasteiger partial charge in [-0.3, -0.25) is 0 Å². The predicted molar refractivity (Wildman–Crippen MR) is 89.1 cm³/mol. The number of nitrogens with zero attached hydrogens (tertiary/aromatic N) is 1. The van der Waals surface area contributed by atoms with Crippen molar-refractivity contribution in [1.29, 1.82) is 0 Å². The summed E-state index contributed by atoms with van der Waals surface area (Å²) in [7, 11) is 4.00. The third-order valence-corrected chi connectivity index (χ3v) is 3.19. The molecule has 0 saturated carbocycles. The fourth-order valence-corrected chi connectivity index (χ4v) is 2.02. The summed E-state index contributed by atoms with van der Waals surface area (Å²) in [5.41, 5.74) is 0.986. The Hall–Kier alpha value is -3.35. The number of benzene rings is 1. The third-order valence-electron chi connectivity index (χ3n) is 3.19. The highest BCUT2D eigenvalue weighted by Gasteiger charge is 2.18. The Kier molecular flexibility index (Phi) is 6.11. The summed E-state index contributed by atoms with van der Waals surface area (Å²) >= 11 is 0. The summed E-state index contributed by atoms with van der Waals surface area (Å²) in [5, 5.41) is 0. The molecule has 1 heterocycles. The van der Waals surface area contributed by atoms with Crippen molar-refractivity contribution in [3.63, 3.8) is 0 Å². The second-order valence-corrected chi connectivity index (χ2v) is 4.73. The average Bonchev–Trinajstić information content (AvgIpc) is 2.66. The third kappa shape index (κ3) is 4.35. The van der Waals surface area contributed by atoms with Crippen LogP contribution in [0.5, 0.6) is 11.6 Å². The lowest BCUT2D eigenvalue weighted by Crippen LogP contribution is -2.06. The van der Waals surface area contributed by atoms with Crippen molar-refractivity contribution >= 4 is 17.5 Å². The number of carbonyl (C=O) groups is 2. The normalized spacial score (nSPS) is 10.8. The van der Waals surface area contributed by atoms with E-state index < -0.39 is 11.9 Å². The quantitative estimate of drug-likeness (QED) is 0.453. The Balaban J connectivity index is 2.33. The van der Waals surface area contributed by atoms with E-state index in [4.69, 9.17) is 14.2 Å². The molecule has 2 aromatic rings. The van der Waals surface area contributed by atoms with E-state index in [1.807, 2.05) is 0 Å². The summed E-state index contributed by atoms with van der Waals surface area (Å²) < 4.78 is 20.1. The number of methoxy groups -OCH3 is 3. The van der Waals surface area contributed by atoms with Crippen molar-refractivity contribution in [3.05, 3.63) is 60.0 Å². The Morgan fingerprint density at radius 2 is 1.76 bits per heavy atom. The highest BCUT2D eigenvalue weighted by Crippen LogP contribution is 2.30. The maximum atomic E-state index is 12.0. The van der Waals surface area contributed by atoms with E-state index in [9.17, 15) is 9.59 Å². The number of hydrogen-bond acceptors (Lipinski definition) is 7. The molecule has 7 heteroatoms. The standard InChI is InChI=1S/C18H17NO6/c1-22-11-14(18(21)24-3)13-6-4-5-7-15(13)25-16-9-8-12(10-19-16)17(20)23-2/h4-11H,1-3H3. The smallest absolute Gasteiger partial charge is 0.341 e. The number of aromatic nitrogens is 1. The van der Waals surface area contributed by atoms with Crippen LogP contribution in [0.1, 0.15) is 15.9 Å². The first-order valence-corrected chi connectivity index (χ1v) is 7.23. The van der Waals surface area contributed by atoms with Gasteiger partial charge in [0.05, 0.1) is 33.2 Å². The van der Waals surface area contributed by atoms with Gasteiger partial charge in [-0.15, -0.1) is 0 Å². The minimum absolute atomic E-state index is 0.201. The Bertz CT molecular complexity index is 782. The fourth-order valence-electron chi connectivity index (χ4n) is 2.02. The molecule has 0 unspecified atom stereocenters. The zero-order valence-electron chi connectivity index (χ0n) is 14.0. The van der Waals surface area contributed by atoms with Crippen LogP contribution in [0.25, 0.3) is 5.57 Å². The van der Waals surface area contributed by atoms with Gasteiger partial charge in [0.15, 0.2) is 0 Å². The Morgan fingerprint density at radius 3 is 2.36 bits per heavy atom. The molecule has 0 atom stereocenters. The molecule has 25 heavy (non-hydrogen) atoms. The molecule has 0 fully saturated rings. The topological polar surface area (TPSA) is 84.0 Å². The molecule has 0 aliphatic rings. The van der Waals surface area contributed by atoms with Crippen LogP contribution in [-0.4, -0.2) is 38.3 Å². The number of pyridine rings is 1. The first-order valence-electron chi connectivity index (χ1n) is 7.23. The molecule has 7 nitrogen and oxygen atoms in total. The molecule has 0 saturated heterocycles. The second kappa shape index (κ2) is 8.49. The van der Waals surface area contributed by atoms with Crippen molar-refractivity contribution in [2.45, 2.75) is 0 Å². The molecular weight excluding hydrogens is 326 g/mol. The molecule has 0 radical (unpaired) electrons. The van der Waals surface area contributed by atoms with Crippen LogP contribution in [0.15, 0.2) is 48.9 Å². The monoisotopic (exact) mass is 343 g/mol. The maximum Gasteiger partial charge on any atom is 0.341 e. The largest absolute Gasteiger partial charge is 0.503 e. The summed E-state index contributed by atoms with van der Waals surface area (Å²) in [5.74, 6) is -0.418. The molecule has 0 amide bonds. The fraction of sp³-hybridized carbons (Fsp3) is 0.167. The molecule has 0 N–H and O–H groups in total. The minimum Gasteiger partial charge on any atom is -0.503 e. The zero-order valence-corrected chi connectivity index (χ0v) is 14.0. The molecule has 2 rings (SSSR count). The van der Waals surface area contributed by atoms with Gasteiger partial charge >= 0.3 is 11.9 Å². The summed E-state index contributed by atoms with van der Waals surface area (Å²) in [6.07, 6.45) is 2.62. The van der Waals surface area contributed by atoms with E-state index in [2.05, 4.69) is 9.72 Å². The summed E-state index contributed by atoms with van der Waals surface area (Å²) in [6.45, 7) is 0. The molecule has 130 valence electrons. The van der Waals surface area contributed by atoms with Crippen molar-refractivity contribution in [2.75, 3.05) is 21.3 Å². The molecule has 0 aliphatic heterocycles. The number of esters is 2. The Labute approximate surface area is 144 Å². The summed E-state index contributed by atoms with van der Waals surface area (Å²) in [6, 6.07) is 9.94. The van der Waals surface area contributed by atoms with Crippen LogP contribution < -0.4 is 4.74 Å². The van der Waals surface area contributed by atoms with E-state index in [-0.39, 0.29) is 11.5 Å². The number of para-hydroxylation sites is 1. The average molecular weight is 343 g/mol. The van der Waals surface area contributed by atoms with E-state index in [1.165, 1.54) is 45.9 Å². The molecule has 1 aromatic carbocycles. The van der Waals surface area contributed by atoms with Crippen LogP contribution in [0, 0.1) is 0 Å². The van der Waals surface area contributed by atoms with Crippen molar-refractivity contribution in [1.82, 2.24) is 4.98 Å². The molecule has 0 bridgehead atoms. The van der Waals surface area contributed by atoms with Gasteiger partial charge in [0.25, 0.3) is 0 Å². The van der Waals surface area contributed by atoms with Gasteiger partial charge in [0.2, 0.25) is 5.88 Å². The van der Waals surface area contributed by atoms with Gasteiger partial charge in [-0.1, -0.05) is 18.2 Å². The molecular formula is C18H17NO6. The van der Waals surface area contributed by atoms with Gasteiger partial charge in [-0.2, -0.15) is 0 Å². The van der Waals surface area contributed by atoms with Gasteiger partial charge in [0.1, 0.15) is 11.3 Å². The molecule has 1 aromatic heterocycles. The van der Waals surface area contributed by atoms with Gasteiger partial charge in [0, 0.05) is 17.8 Å². The zero-order chi connectivity index (χ0) is 18.2. The van der Waals surface area contributed by atoms with Gasteiger partial charge in [-0.25, -0.2) is 14.6 Å². The number of rotatable bonds is 6. The van der Waals surface area contributed by atoms with Crippen LogP contribution in [0.3, 0.4) is 0 Å². The van der Waals surface area contributed by atoms with Gasteiger partial charge < -0.3 is 18.9 Å². The van der Waals surface area contributed by atoms with Crippen molar-refractivity contribution in [2.24, 2.45) is 0 Å². The lowest BCUT2D eigenvalue weighted by Gasteiger charge is -2.12. The maximum absolute atomic E-state index is 12.0. The lowest BCUT2D eigenvalue weighted by atomic mass is 10.1. The van der Waals surface area contributed by atoms with Crippen LogP contribution in [-0.2, 0) is 19.0 Å². The number of carbonyl (C=O) groups excluding carboxylic acids is 2. The molecule has 0 aliphatic carbocycles. The van der Waals surface area contributed by atoms with Crippen LogP contribution >= 0.6 is 0 Å². The van der Waals surface area contributed by atoms with Gasteiger partial charge in [-0.05, 0) is 12.1 Å². The first kappa shape index (κ1) is 18.0. The van der Waals surface area contributed by atoms with Crippen molar-refractivity contribution < 1.29 is 28.5 Å². The van der Waals surface area contributed by atoms with Crippen LogP contribution in [0.4, 0.5) is 0 Å². The van der Waals surface area contributed by atoms with E-state index in [0.717, 1.165) is 0 Å². The minimum atomic E-state index is -0.563. The highest BCUT2D eigenvalue weighted by atomic mass is 16.5. The van der Waals surface area contributed by atoms with E-state index in [1.54, 1.807) is 24.3 Å². The predicted octanol–water partition coefficient (Wildman–Crippen LogP) is 2.82. The van der Waals surface area contributed by atoms with Crippen molar-refractivity contribution in [3.8, 4) is 11.6 Å². The Morgan fingerprint density at radius 1 is 1.00 bits per heavy atom. The van der Waals surface area contributed by atoms with E-state index in [0.29, 0.717) is 16.9 Å². The van der Waals surface area contributed by atoms with E-state index >= 15 is 0 Å². The SMILES string of the molecule is COC=C(C(=O)OC)c1ccccc1Oc1ccc(C(=O)OC)cn1. The number of ether oxygens (including phenoxy) is 4. The first-order chi connectivity index (χ1) is 12.1. The number of hydrogen-bond donors (Lipinski definition) is 0. The molecule has 0 spiro atoms. The van der Waals surface area contributed by atoms with Crippen LogP contribution in [0.2, 0.25) is 0 Å². The summed E-state index contributed by atoms with van der Waals surface area (Å²) in [4.78, 5) is 27.5. The lowest BCUT2D eigenvalue weighted by molar-refractivity contribution is -0.133. The highest BCUT2D eigenvalue weighted by molar-refractivity contribution is 6.17. The second-order valence-electron chi connectivity index (χ2n) is 4.73.